The number of ether oxygens (including phenoxy) is 1. The van der Waals surface area contributed by atoms with Gasteiger partial charge in [0.25, 0.3) is 0 Å². The quantitative estimate of drug-likeness (QED) is 0.568. The van der Waals surface area contributed by atoms with Gasteiger partial charge in [-0.05, 0) is 23.5 Å². The molecule has 0 aliphatic rings. The molecular weight excluding hydrogens is 262 g/mol. The van der Waals surface area contributed by atoms with Crippen molar-refractivity contribution in [1.82, 2.24) is 4.90 Å². The standard InChI is InChI=1S/C18H27NO2/c1-6-12-19(14-17(20)21-7-2)13-15-8-10-16(11-9-15)18(3,4)5/h6,8-11H,1,7,12-14H2,2-5H3. The van der Waals surface area contributed by atoms with E-state index in [0.29, 0.717) is 19.7 Å². The number of benzene rings is 1. The largest absolute Gasteiger partial charge is 0.465 e. The van der Waals surface area contributed by atoms with Crippen molar-refractivity contribution in [3.05, 3.63) is 48.0 Å². The summed E-state index contributed by atoms with van der Waals surface area (Å²) in [7, 11) is 0. The maximum atomic E-state index is 11.6. The van der Waals surface area contributed by atoms with Gasteiger partial charge in [-0.1, -0.05) is 51.1 Å². The lowest BCUT2D eigenvalue weighted by atomic mass is 9.87. The van der Waals surface area contributed by atoms with Crippen LogP contribution in [0, 0.1) is 0 Å². The van der Waals surface area contributed by atoms with Gasteiger partial charge < -0.3 is 4.74 Å². The van der Waals surface area contributed by atoms with Crippen LogP contribution in [0.2, 0.25) is 0 Å². The van der Waals surface area contributed by atoms with Gasteiger partial charge in [-0.2, -0.15) is 0 Å². The summed E-state index contributed by atoms with van der Waals surface area (Å²) in [5, 5.41) is 0. The van der Waals surface area contributed by atoms with E-state index in [1.807, 2.05) is 17.9 Å². The van der Waals surface area contributed by atoms with Crippen molar-refractivity contribution in [2.24, 2.45) is 0 Å². The second kappa shape index (κ2) is 7.99. The van der Waals surface area contributed by atoms with Gasteiger partial charge in [0, 0.05) is 13.1 Å². The Morgan fingerprint density at radius 1 is 1.29 bits per heavy atom. The number of rotatable bonds is 7. The van der Waals surface area contributed by atoms with Crippen LogP contribution in [0.1, 0.15) is 38.8 Å². The molecule has 3 nitrogen and oxygen atoms in total. The molecule has 0 saturated heterocycles. The van der Waals surface area contributed by atoms with E-state index in [2.05, 4.69) is 51.6 Å². The summed E-state index contributed by atoms with van der Waals surface area (Å²) in [6, 6.07) is 8.57. The minimum absolute atomic E-state index is 0.157. The topological polar surface area (TPSA) is 29.5 Å². The molecule has 1 rings (SSSR count). The molecular formula is C18H27NO2. The lowest BCUT2D eigenvalue weighted by molar-refractivity contribution is -0.144. The van der Waals surface area contributed by atoms with Gasteiger partial charge in [-0.15, -0.1) is 6.58 Å². The second-order valence-corrected chi connectivity index (χ2v) is 6.21. The molecule has 1 aromatic carbocycles. The van der Waals surface area contributed by atoms with Crippen LogP contribution in [0.15, 0.2) is 36.9 Å². The molecule has 0 aliphatic heterocycles. The highest BCUT2D eigenvalue weighted by atomic mass is 16.5. The normalized spacial score (nSPS) is 11.5. The summed E-state index contributed by atoms with van der Waals surface area (Å²) in [5.74, 6) is -0.189. The molecule has 0 aliphatic carbocycles. The van der Waals surface area contributed by atoms with Crippen molar-refractivity contribution in [2.75, 3.05) is 19.7 Å². The fourth-order valence-corrected chi connectivity index (χ4v) is 2.13. The molecule has 0 fully saturated rings. The van der Waals surface area contributed by atoms with E-state index in [9.17, 15) is 4.79 Å². The third-order valence-electron chi connectivity index (χ3n) is 3.27. The molecule has 0 aromatic heterocycles. The second-order valence-electron chi connectivity index (χ2n) is 6.21. The highest BCUT2D eigenvalue weighted by molar-refractivity contribution is 5.71. The maximum absolute atomic E-state index is 11.6. The highest BCUT2D eigenvalue weighted by Crippen LogP contribution is 2.22. The van der Waals surface area contributed by atoms with Gasteiger partial charge in [0.1, 0.15) is 0 Å². The Morgan fingerprint density at radius 3 is 2.38 bits per heavy atom. The van der Waals surface area contributed by atoms with Gasteiger partial charge in [0.2, 0.25) is 0 Å². The lowest BCUT2D eigenvalue weighted by Crippen LogP contribution is -2.30. The summed E-state index contributed by atoms with van der Waals surface area (Å²) >= 11 is 0. The average Bonchev–Trinajstić information content (AvgIpc) is 2.38. The molecule has 0 atom stereocenters. The summed E-state index contributed by atoms with van der Waals surface area (Å²) in [4.78, 5) is 13.6. The first-order valence-corrected chi connectivity index (χ1v) is 7.45. The molecule has 0 bridgehead atoms. The molecule has 0 unspecified atom stereocenters. The van der Waals surface area contributed by atoms with E-state index in [1.54, 1.807) is 0 Å². The Balaban J connectivity index is 2.70. The fraction of sp³-hybridized carbons (Fsp3) is 0.500. The van der Waals surface area contributed by atoms with Gasteiger partial charge in [-0.25, -0.2) is 0 Å². The van der Waals surface area contributed by atoms with Crippen molar-refractivity contribution in [1.29, 1.82) is 0 Å². The van der Waals surface area contributed by atoms with Crippen LogP contribution >= 0.6 is 0 Å². The van der Waals surface area contributed by atoms with E-state index >= 15 is 0 Å². The summed E-state index contributed by atoms with van der Waals surface area (Å²) in [5.41, 5.74) is 2.66. The van der Waals surface area contributed by atoms with Crippen molar-refractivity contribution >= 4 is 5.97 Å². The number of carbonyl (C=O) groups is 1. The van der Waals surface area contributed by atoms with Gasteiger partial charge >= 0.3 is 5.97 Å². The third kappa shape index (κ3) is 6.13. The van der Waals surface area contributed by atoms with Crippen LogP contribution in [-0.4, -0.2) is 30.6 Å². The maximum Gasteiger partial charge on any atom is 0.320 e. The molecule has 3 heteroatoms. The van der Waals surface area contributed by atoms with Crippen LogP contribution in [0.3, 0.4) is 0 Å². The van der Waals surface area contributed by atoms with Gasteiger partial charge in [0.15, 0.2) is 0 Å². The van der Waals surface area contributed by atoms with E-state index in [1.165, 1.54) is 11.1 Å². The van der Waals surface area contributed by atoms with Crippen molar-refractivity contribution < 1.29 is 9.53 Å². The lowest BCUT2D eigenvalue weighted by Gasteiger charge is -2.22. The molecule has 0 saturated carbocycles. The number of hydrogen-bond acceptors (Lipinski definition) is 3. The molecule has 0 amide bonds. The number of hydrogen-bond donors (Lipinski definition) is 0. The van der Waals surface area contributed by atoms with Gasteiger partial charge in [-0.3, -0.25) is 9.69 Å². The van der Waals surface area contributed by atoms with Crippen molar-refractivity contribution in [3.63, 3.8) is 0 Å². The molecule has 116 valence electrons. The smallest absolute Gasteiger partial charge is 0.320 e. The third-order valence-corrected chi connectivity index (χ3v) is 3.27. The molecule has 0 N–H and O–H groups in total. The monoisotopic (exact) mass is 289 g/mol. The predicted octanol–water partition coefficient (Wildman–Crippen LogP) is 3.54. The first-order chi connectivity index (χ1) is 9.86. The Kier molecular flexibility index (Phi) is 6.63. The first-order valence-electron chi connectivity index (χ1n) is 7.45. The molecule has 21 heavy (non-hydrogen) atoms. The van der Waals surface area contributed by atoms with Crippen LogP contribution < -0.4 is 0 Å². The van der Waals surface area contributed by atoms with Gasteiger partial charge in [0.05, 0.1) is 13.2 Å². The van der Waals surface area contributed by atoms with Crippen LogP contribution in [-0.2, 0) is 21.5 Å². The molecule has 0 spiro atoms. The van der Waals surface area contributed by atoms with Crippen LogP contribution in [0.25, 0.3) is 0 Å². The summed E-state index contributed by atoms with van der Waals surface area (Å²) in [6.07, 6.45) is 1.81. The van der Waals surface area contributed by atoms with Crippen molar-refractivity contribution in [2.45, 2.75) is 39.7 Å². The Labute approximate surface area is 128 Å². The number of esters is 1. The van der Waals surface area contributed by atoms with E-state index in [-0.39, 0.29) is 11.4 Å². The zero-order chi connectivity index (χ0) is 15.9. The zero-order valence-electron chi connectivity index (χ0n) is 13.7. The minimum atomic E-state index is -0.189. The van der Waals surface area contributed by atoms with E-state index in [4.69, 9.17) is 4.74 Å². The average molecular weight is 289 g/mol. The summed E-state index contributed by atoms with van der Waals surface area (Å²) in [6.45, 7) is 14.3. The Morgan fingerprint density at radius 2 is 1.90 bits per heavy atom. The number of carbonyl (C=O) groups excluding carboxylic acids is 1. The van der Waals surface area contributed by atoms with Crippen LogP contribution in [0.4, 0.5) is 0 Å². The van der Waals surface area contributed by atoms with Crippen LogP contribution in [0.5, 0.6) is 0 Å². The van der Waals surface area contributed by atoms with Crippen molar-refractivity contribution in [3.8, 4) is 0 Å². The van der Waals surface area contributed by atoms with E-state index < -0.39 is 0 Å². The Hall–Kier alpha value is -1.61. The molecule has 0 heterocycles. The number of nitrogens with zero attached hydrogens (tertiary/aromatic N) is 1. The Bertz CT molecular complexity index is 457. The fourth-order valence-electron chi connectivity index (χ4n) is 2.13. The minimum Gasteiger partial charge on any atom is -0.465 e. The predicted molar refractivity (Wildman–Crippen MR) is 87.2 cm³/mol. The summed E-state index contributed by atoms with van der Waals surface area (Å²) < 4.78 is 5.01. The molecule has 0 radical (unpaired) electrons. The van der Waals surface area contributed by atoms with E-state index in [0.717, 1.165) is 6.54 Å². The highest BCUT2D eigenvalue weighted by Gasteiger charge is 2.14. The molecule has 1 aromatic rings. The SMILES string of the molecule is C=CCN(CC(=O)OCC)Cc1ccc(C(C)(C)C)cc1. The first kappa shape index (κ1) is 17.4. The zero-order valence-corrected chi connectivity index (χ0v) is 13.7.